The molecule has 3 rings (SSSR count). The number of nitrogens with two attached hydrogens (primary N) is 1. The Hall–Kier alpha value is -4.60. The van der Waals surface area contributed by atoms with E-state index in [-0.39, 0.29) is 43.8 Å². The third-order valence-corrected chi connectivity index (χ3v) is 5.45. The van der Waals surface area contributed by atoms with E-state index in [2.05, 4.69) is 15.6 Å². The topological polar surface area (TPSA) is 130 Å². The van der Waals surface area contributed by atoms with Crippen LogP contribution in [0.3, 0.4) is 0 Å². The zero-order valence-corrected chi connectivity index (χ0v) is 21.2. The van der Waals surface area contributed by atoms with Gasteiger partial charge in [0.1, 0.15) is 5.69 Å². The number of hydrogen-bond donors (Lipinski definition) is 3. The van der Waals surface area contributed by atoms with Gasteiger partial charge in [-0.3, -0.25) is 14.6 Å². The quantitative estimate of drug-likeness (QED) is 0.281. The van der Waals surface area contributed by atoms with E-state index < -0.39 is 5.91 Å². The Morgan fingerprint density at radius 3 is 2.32 bits per heavy atom. The normalized spacial score (nSPS) is 10.4. The average molecular weight is 505 g/mol. The van der Waals surface area contributed by atoms with Crippen LogP contribution in [0.5, 0.6) is 0 Å². The lowest BCUT2D eigenvalue weighted by Gasteiger charge is -2.23. The van der Waals surface area contributed by atoms with E-state index >= 15 is 0 Å². The average Bonchev–Trinajstić information content (AvgIpc) is 2.88. The summed E-state index contributed by atoms with van der Waals surface area (Å²) in [6, 6.07) is 17.3. The molecule has 10 heteroatoms. The molecule has 0 saturated heterocycles. The van der Waals surface area contributed by atoms with Gasteiger partial charge >= 0.3 is 12.0 Å². The molecule has 194 valence electrons. The van der Waals surface area contributed by atoms with Gasteiger partial charge in [0.2, 0.25) is 0 Å². The Kier molecular flexibility index (Phi) is 9.42. The van der Waals surface area contributed by atoms with Crippen molar-refractivity contribution in [2.45, 2.75) is 19.9 Å². The lowest BCUT2D eigenvalue weighted by Crippen LogP contribution is -2.36. The van der Waals surface area contributed by atoms with E-state index in [9.17, 15) is 14.4 Å². The van der Waals surface area contributed by atoms with Crippen LogP contribution in [0.1, 0.15) is 29.4 Å². The van der Waals surface area contributed by atoms with Gasteiger partial charge in [0, 0.05) is 44.8 Å². The number of pyridine rings is 1. The Balaban J connectivity index is 1.69. The van der Waals surface area contributed by atoms with Gasteiger partial charge in [-0.15, -0.1) is 0 Å². The SMILES string of the molecule is CCOC(=O)CCN(Cc1ccc(C(=O)Nc2ccccc2N)nc1)C(=O)Nc1ccc(N(C)C)cc1. The maximum absolute atomic E-state index is 13.1. The van der Waals surface area contributed by atoms with Crippen molar-refractivity contribution < 1.29 is 19.1 Å². The van der Waals surface area contributed by atoms with Crippen LogP contribution in [-0.4, -0.2) is 55.0 Å². The van der Waals surface area contributed by atoms with Crippen molar-refractivity contribution >= 4 is 40.7 Å². The molecule has 0 saturated carbocycles. The highest BCUT2D eigenvalue weighted by Gasteiger charge is 2.17. The maximum Gasteiger partial charge on any atom is 0.322 e. The van der Waals surface area contributed by atoms with Gasteiger partial charge in [-0.1, -0.05) is 18.2 Å². The van der Waals surface area contributed by atoms with Crippen LogP contribution >= 0.6 is 0 Å². The Morgan fingerprint density at radius 2 is 1.70 bits per heavy atom. The van der Waals surface area contributed by atoms with Crippen LogP contribution in [0.15, 0.2) is 66.9 Å². The van der Waals surface area contributed by atoms with Crippen molar-refractivity contribution in [1.82, 2.24) is 9.88 Å². The highest BCUT2D eigenvalue weighted by Crippen LogP contribution is 2.19. The van der Waals surface area contributed by atoms with Gasteiger partial charge in [0.15, 0.2) is 0 Å². The number of benzene rings is 2. The van der Waals surface area contributed by atoms with Crippen molar-refractivity contribution in [2.24, 2.45) is 0 Å². The van der Waals surface area contributed by atoms with E-state index in [1.807, 2.05) is 43.3 Å². The molecule has 0 spiro atoms. The summed E-state index contributed by atoms with van der Waals surface area (Å²) in [6.45, 7) is 2.33. The summed E-state index contributed by atoms with van der Waals surface area (Å²) >= 11 is 0. The molecule has 0 atom stereocenters. The number of nitrogens with one attached hydrogen (secondary N) is 2. The molecular weight excluding hydrogens is 472 g/mol. The molecule has 1 heterocycles. The van der Waals surface area contributed by atoms with Crippen LogP contribution in [0, 0.1) is 0 Å². The van der Waals surface area contributed by atoms with Crippen molar-refractivity contribution in [3.63, 3.8) is 0 Å². The maximum atomic E-state index is 13.1. The zero-order valence-electron chi connectivity index (χ0n) is 21.2. The molecule has 0 radical (unpaired) electrons. The molecule has 0 aliphatic heterocycles. The molecule has 3 aromatic rings. The number of ether oxygens (including phenoxy) is 1. The predicted molar refractivity (Wildman–Crippen MR) is 144 cm³/mol. The lowest BCUT2D eigenvalue weighted by atomic mass is 10.2. The Labute approximate surface area is 216 Å². The molecule has 0 bridgehead atoms. The van der Waals surface area contributed by atoms with Crippen LogP contribution in [-0.2, 0) is 16.1 Å². The molecule has 3 amide bonds. The minimum Gasteiger partial charge on any atom is -0.466 e. The van der Waals surface area contributed by atoms with E-state index in [0.29, 0.717) is 22.6 Å². The number of hydrogen-bond acceptors (Lipinski definition) is 7. The third-order valence-electron chi connectivity index (χ3n) is 5.45. The molecule has 0 aliphatic rings. The Morgan fingerprint density at radius 1 is 0.973 bits per heavy atom. The summed E-state index contributed by atoms with van der Waals surface area (Å²) in [5, 5.41) is 5.60. The summed E-state index contributed by atoms with van der Waals surface area (Å²) < 4.78 is 5.01. The van der Waals surface area contributed by atoms with Gasteiger partial charge < -0.3 is 30.9 Å². The number of carbonyl (C=O) groups is 3. The number of rotatable bonds is 10. The third kappa shape index (κ3) is 7.96. The predicted octanol–water partition coefficient (Wildman–Crippen LogP) is 3.97. The molecule has 0 aliphatic carbocycles. The summed E-state index contributed by atoms with van der Waals surface area (Å²) in [4.78, 5) is 45.3. The molecule has 1 aromatic heterocycles. The standard InChI is InChI=1S/C27H32N6O4/c1-4-37-25(34)15-16-33(27(36)30-20-10-12-21(13-11-20)32(2)3)18-19-9-14-24(29-17-19)26(35)31-23-8-6-5-7-22(23)28/h5-14,17H,4,15-16,18,28H2,1-3H3,(H,30,36)(H,31,35). The van der Waals surface area contributed by atoms with E-state index in [0.717, 1.165) is 5.69 Å². The van der Waals surface area contributed by atoms with E-state index in [1.54, 1.807) is 43.3 Å². The number of nitrogens with zero attached hydrogens (tertiary/aromatic N) is 3. The Bertz CT molecular complexity index is 1210. The molecule has 0 fully saturated rings. The summed E-state index contributed by atoms with van der Waals surface area (Å²) in [5.74, 6) is -0.788. The molecule has 37 heavy (non-hydrogen) atoms. The second-order valence-electron chi connectivity index (χ2n) is 8.44. The fourth-order valence-corrected chi connectivity index (χ4v) is 3.43. The fraction of sp³-hybridized carbons (Fsp3) is 0.259. The lowest BCUT2D eigenvalue weighted by molar-refractivity contribution is -0.143. The smallest absolute Gasteiger partial charge is 0.322 e. The van der Waals surface area contributed by atoms with Crippen LogP contribution in [0.2, 0.25) is 0 Å². The number of urea groups is 1. The van der Waals surface area contributed by atoms with Crippen LogP contribution in [0.25, 0.3) is 0 Å². The minimum absolute atomic E-state index is 0.0489. The number of aromatic nitrogens is 1. The number of amides is 3. The summed E-state index contributed by atoms with van der Waals surface area (Å²) in [7, 11) is 3.87. The number of anilines is 4. The van der Waals surface area contributed by atoms with Gasteiger partial charge in [0.05, 0.1) is 24.4 Å². The fourth-order valence-electron chi connectivity index (χ4n) is 3.43. The van der Waals surface area contributed by atoms with Gasteiger partial charge in [-0.05, 0) is 55.0 Å². The highest BCUT2D eigenvalue weighted by molar-refractivity contribution is 6.04. The van der Waals surface area contributed by atoms with Crippen molar-refractivity contribution in [3.05, 3.63) is 78.1 Å². The van der Waals surface area contributed by atoms with Crippen LogP contribution in [0.4, 0.5) is 27.5 Å². The van der Waals surface area contributed by atoms with Crippen molar-refractivity contribution in [1.29, 1.82) is 0 Å². The summed E-state index contributed by atoms with van der Waals surface area (Å²) in [6.07, 6.45) is 1.58. The van der Waals surface area contributed by atoms with Gasteiger partial charge in [-0.2, -0.15) is 0 Å². The number of nitrogen functional groups attached to an aromatic ring is 1. The second kappa shape index (κ2) is 12.9. The minimum atomic E-state index is -0.400. The molecular formula is C27H32N6O4. The first kappa shape index (κ1) is 27.0. The summed E-state index contributed by atoms with van der Waals surface area (Å²) in [5.41, 5.74) is 9.36. The first-order chi connectivity index (χ1) is 17.8. The highest BCUT2D eigenvalue weighted by atomic mass is 16.5. The van der Waals surface area contributed by atoms with Crippen molar-refractivity contribution in [3.8, 4) is 0 Å². The number of carbonyl (C=O) groups excluding carboxylic acids is 3. The van der Waals surface area contributed by atoms with Crippen molar-refractivity contribution in [2.75, 3.05) is 48.5 Å². The van der Waals surface area contributed by atoms with Gasteiger partial charge in [0.25, 0.3) is 5.91 Å². The molecule has 4 N–H and O–H groups in total. The van der Waals surface area contributed by atoms with E-state index in [1.165, 1.54) is 11.1 Å². The van der Waals surface area contributed by atoms with E-state index in [4.69, 9.17) is 10.5 Å². The zero-order chi connectivity index (χ0) is 26.8. The first-order valence-electron chi connectivity index (χ1n) is 11.9. The molecule has 2 aromatic carbocycles. The first-order valence-corrected chi connectivity index (χ1v) is 11.9. The second-order valence-corrected chi connectivity index (χ2v) is 8.44. The monoisotopic (exact) mass is 504 g/mol. The van der Waals surface area contributed by atoms with Gasteiger partial charge in [-0.25, -0.2) is 4.79 Å². The van der Waals surface area contributed by atoms with Crippen LogP contribution < -0.4 is 21.3 Å². The molecule has 10 nitrogen and oxygen atoms in total. The largest absolute Gasteiger partial charge is 0.466 e. The molecule has 0 unspecified atom stereocenters. The number of esters is 1. The number of para-hydroxylation sites is 2.